The van der Waals surface area contributed by atoms with E-state index in [1.165, 1.54) is 0 Å². The fraction of sp³-hybridized carbons (Fsp3) is 0.300. The van der Waals surface area contributed by atoms with Gasteiger partial charge in [0.25, 0.3) is 5.91 Å². The quantitative estimate of drug-likeness (QED) is 0.894. The predicted molar refractivity (Wildman–Crippen MR) is 100 cm³/mol. The van der Waals surface area contributed by atoms with Gasteiger partial charge in [0.1, 0.15) is 0 Å². The zero-order chi connectivity index (χ0) is 17.8. The van der Waals surface area contributed by atoms with Crippen LogP contribution in [0.15, 0.2) is 48.5 Å². The van der Waals surface area contributed by atoms with Crippen LogP contribution < -0.4 is 15.5 Å². The summed E-state index contributed by atoms with van der Waals surface area (Å²) in [5.74, 6) is 0.324. The molecule has 0 radical (unpaired) electrons. The van der Waals surface area contributed by atoms with Crippen LogP contribution in [-0.4, -0.2) is 25.0 Å². The monoisotopic (exact) mass is 337 g/mol. The van der Waals surface area contributed by atoms with E-state index in [0.29, 0.717) is 31.0 Å². The lowest BCUT2D eigenvalue weighted by atomic mass is 10.0. The first-order valence-electron chi connectivity index (χ1n) is 8.60. The molecule has 3 rings (SSSR count). The molecule has 0 atom stereocenters. The topological polar surface area (TPSA) is 61.4 Å². The molecule has 1 aliphatic rings. The smallest absolute Gasteiger partial charge is 0.326 e. The van der Waals surface area contributed by atoms with Crippen molar-refractivity contribution in [1.29, 1.82) is 0 Å². The standard InChI is InChI=1S/C20H23N3O2/c1-14(2)13-21-19(24)17-9-6-10-18-16(17)11-12-23(18)20(25)22-15-7-4-3-5-8-15/h3-10,14H,11-13H2,1-2H3,(H,21,24)(H,22,25). The molecule has 0 aromatic heterocycles. The van der Waals surface area contributed by atoms with Crippen LogP contribution >= 0.6 is 0 Å². The number of carbonyl (C=O) groups excluding carboxylic acids is 2. The van der Waals surface area contributed by atoms with Gasteiger partial charge in [0.15, 0.2) is 0 Å². The minimum atomic E-state index is -0.176. The molecule has 5 heteroatoms. The highest BCUT2D eigenvalue weighted by Gasteiger charge is 2.28. The Morgan fingerprint density at radius 1 is 1.08 bits per heavy atom. The van der Waals surface area contributed by atoms with Gasteiger partial charge in [0.2, 0.25) is 0 Å². The molecular formula is C20H23N3O2. The number of hydrogen-bond acceptors (Lipinski definition) is 2. The van der Waals surface area contributed by atoms with Gasteiger partial charge >= 0.3 is 6.03 Å². The summed E-state index contributed by atoms with van der Waals surface area (Å²) in [4.78, 5) is 26.7. The zero-order valence-corrected chi connectivity index (χ0v) is 14.6. The summed E-state index contributed by atoms with van der Waals surface area (Å²) >= 11 is 0. The molecule has 1 heterocycles. The van der Waals surface area contributed by atoms with E-state index in [1.807, 2.05) is 48.5 Å². The van der Waals surface area contributed by atoms with Crippen molar-refractivity contribution in [3.05, 3.63) is 59.7 Å². The summed E-state index contributed by atoms with van der Waals surface area (Å²) in [6, 6.07) is 14.7. The van der Waals surface area contributed by atoms with Crippen LogP contribution in [0, 0.1) is 5.92 Å². The second kappa shape index (κ2) is 7.38. The SMILES string of the molecule is CC(C)CNC(=O)c1cccc2c1CCN2C(=O)Nc1ccccc1. The normalized spacial score (nSPS) is 12.8. The maximum absolute atomic E-state index is 12.6. The van der Waals surface area contributed by atoms with Gasteiger partial charge in [0.05, 0.1) is 0 Å². The number of nitrogens with zero attached hydrogens (tertiary/aromatic N) is 1. The molecule has 0 saturated carbocycles. The summed E-state index contributed by atoms with van der Waals surface area (Å²) < 4.78 is 0. The number of urea groups is 1. The number of fused-ring (bicyclic) bond motifs is 1. The van der Waals surface area contributed by atoms with E-state index >= 15 is 0 Å². The molecule has 2 aromatic rings. The Kier molecular flexibility index (Phi) is 5.03. The average molecular weight is 337 g/mol. The second-order valence-electron chi connectivity index (χ2n) is 6.60. The van der Waals surface area contributed by atoms with E-state index in [1.54, 1.807) is 4.90 Å². The van der Waals surface area contributed by atoms with E-state index in [2.05, 4.69) is 24.5 Å². The molecule has 5 nitrogen and oxygen atoms in total. The van der Waals surface area contributed by atoms with Crippen molar-refractivity contribution in [2.24, 2.45) is 5.92 Å². The first-order valence-corrected chi connectivity index (χ1v) is 8.60. The summed E-state index contributed by atoms with van der Waals surface area (Å²) in [5.41, 5.74) is 3.16. The van der Waals surface area contributed by atoms with Crippen molar-refractivity contribution in [1.82, 2.24) is 5.32 Å². The molecule has 0 fully saturated rings. The molecule has 0 saturated heterocycles. The summed E-state index contributed by atoms with van der Waals surface area (Å²) in [6.07, 6.45) is 0.683. The van der Waals surface area contributed by atoms with Gasteiger partial charge in [-0.15, -0.1) is 0 Å². The molecule has 0 spiro atoms. The Hall–Kier alpha value is -2.82. The number of amides is 3. The zero-order valence-electron chi connectivity index (χ0n) is 14.6. The van der Waals surface area contributed by atoms with E-state index in [-0.39, 0.29) is 11.9 Å². The summed E-state index contributed by atoms with van der Waals surface area (Å²) in [6.45, 7) is 5.33. The number of benzene rings is 2. The summed E-state index contributed by atoms with van der Waals surface area (Å²) in [7, 11) is 0. The van der Waals surface area contributed by atoms with Crippen molar-refractivity contribution >= 4 is 23.3 Å². The maximum Gasteiger partial charge on any atom is 0.326 e. The number of para-hydroxylation sites is 1. The van der Waals surface area contributed by atoms with Crippen molar-refractivity contribution < 1.29 is 9.59 Å². The predicted octanol–water partition coefficient (Wildman–Crippen LogP) is 3.67. The Labute approximate surface area is 148 Å². The molecular weight excluding hydrogens is 314 g/mol. The highest BCUT2D eigenvalue weighted by atomic mass is 16.2. The van der Waals surface area contributed by atoms with Crippen LogP contribution in [0.25, 0.3) is 0 Å². The largest absolute Gasteiger partial charge is 0.352 e. The van der Waals surface area contributed by atoms with E-state index in [9.17, 15) is 9.59 Å². The second-order valence-corrected chi connectivity index (χ2v) is 6.60. The molecule has 0 aliphatic carbocycles. The highest BCUT2D eigenvalue weighted by Crippen LogP contribution is 2.31. The maximum atomic E-state index is 12.6. The average Bonchev–Trinajstić information content (AvgIpc) is 3.04. The fourth-order valence-corrected chi connectivity index (χ4v) is 2.96. The molecule has 130 valence electrons. The van der Waals surface area contributed by atoms with Gasteiger partial charge in [-0.25, -0.2) is 4.79 Å². The summed E-state index contributed by atoms with van der Waals surface area (Å²) in [5, 5.41) is 5.85. The number of nitrogens with one attached hydrogen (secondary N) is 2. The van der Waals surface area contributed by atoms with Gasteiger partial charge < -0.3 is 10.6 Å². The lowest BCUT2D eigenvalue weighted by Crippen LogP contribution is -2.33. The number of rotatable bonds is 4. The first-order chi connectivity index (χ1) is 12.1. The van der Waals surface area contributed by atoms with Gasteiger partial charge in [-0.1, -0.05) is 38.1 Å². The molecule has 25 heavy (non-hydrogen) atoms. The number of carbonyl (C=O) groups is 2. The lowest BCUT2D eigenvalue weighted by Gasteiger charge is -2.18. The van der Waals surface area contributed by atoms with Crippen LogP contribution in [0.2, 0.25) is 0 Å². The Balaban J connectivity index is 1.77. The molecule has 0 bridgehead atoms. The fourth-order valence-electron chi connectivity index (χ4n) is 2.96. The van der Waals surface area contributed by atoms with Gasteiger partial charge in [-0.2, -0.15) is 0 Å². The third-order valence-electron chi connectivity index (χ3n) is 4.21. The van der Waals surface area contributed by atoms with Crippen LogP contribution in [0.1, 0.15) is 29.8 Å². The Morgan fingerprint density at radius 3 is 2.56 bits per heavy atom. The highest BCUT2D eigenvalue weighted by molar-refractivity contribution is 6.05. The number of hydrogen-bond donors (Lipinski definition) is 2. The first kappa shape index (κ1) is 17.0. The van der Waals surface area contributed by atoms with Crippen molar-refractivity contribution in [2.45, 2.75) is 20.3 Å². The Bertz CT molecular complexity index is 772. The minimum absolute atomic E-state index is 0.0733. The van der Waals surface area contributed by atoms with E-state index in [4.69, 9.17) is 0 Å². The van der Waals surface area contributed by atoms with Crippen molar-refractivity contribution in [2.75, 3.05) is 23.3 Å². The molecule has 3 amide bonds. The Morgan fingerprint density at radius 2 is 1.84 bits per heavy atom. The molecule has 1 aliphatic heterocycles. The van der Waals surface area contributed by atoms with Crippen LogP contribution in [-0.2, 0) is 6.42 Å². The van der Waals surface area contributed by atoms with Gasteiger partial charge in [-0.3, -0.25) is 9.69 Å². The minimum Gasteiger partial charge on any atom is -0.352 e. The van der Waals surface area contributed by atoms with E-state index in [0.717, 1.165) is 16.9 Å². The van der Waals surface area contributed by atoms with Crippen LogP contribution in [0.3, 0.4) is 0 Å². The van der Waals surface area contributed by atoms with Gasteiger partial charge in [0, 0.05) is 30.0 Å². The number of anilines is 2. The molecule has 2 N–H and O–H groups in total. The van der Waals surface area contributed by atoms with Crippen molar-refractivity contribution in [3.63, 3.8) is 0 Å². The van der Waals surface area contributed by atoms with Crippen LogP contribution in [0.4, 0.5) is 16.2 Å². The third kappa shape index (κ3) is 3.82. The van der Waals surface area contributed by atoms with Gasteiger partial charge in [-0.05, 0) is 42.2 Å². The van der Waals surface area contributed by atoms with Crippen molar-refractivity contribution in [3.8, 4) is 0 Å². The lowest BCUT2D eigenvalue weighted by molar-refractivity contribution is 0.0948. The molecule has 0 unspecified atom stereocenters. The molecule has 2 aromatic carbocycles. The third-order valence-corrected chi connectivity index (χ3v) is 4.21. The van der Waals surface area contributed by atoms with Crippen LogP contribution in [0.5, 0.6) is 0 Å². The van der Waals surface area contributed by atoms with E-state index < -0.39 is 0 Å².